The van der Waals surface area contributed by atoms with Gasteiger partial charge < -0.3 is 0 Å². The van der Waals surface area contributed by atoms with Gasteiger partial charge in [0.15, 0.2) is 0 Å². The number of aryl methyl sites for hydroxylation is 1. The molecule has 0 aliphatic rings. The van der Waals surface area contributed by atoms with Crippen LogP contribution in [0.25, 0.3) is 5.03 Å². The molecule has 62 valence electrons. The molecule has 0 spiro atoms. The first-order chi connectivity index (χ1) is 5.66. The van der Waals surface area contributed by atoms with Crippen molar-refractivity contribution in [1.82, 2.24) is 0 Å². The van der Waals surface area contributed by atoms with Gasteiger partial charge in [-0.15, -0.1) is 11.3 Å². The molecule has 0 atom stereocenters. The zero-order valence-electron chi connectivity index (χ0n) is 6.27. The van der Waals surface area contributed by atoms with E-state index in [-0.39, 0.29) is 0 Å². The van der Waals surface area contributed by atoms with Crippen LogP contribution in [0.2, 0.25) is 5.02 Å². The lowest BCUT2D eigenvalue weighted by molar-refractivity contribution is 1.53. The van der Waals surface area contributed by atoms with Crippen molar-refractivity contribution in [1.29, 1.82) is 5.26 Å². The Kier molecular flexibility index (Phi) is 3.16. The van der Waals surface area contributed by atoms with Gasteiger partial charge in [0.05, 0.1) is 21.0 Å². The summed E-state index contributed by atoms with van der Waals surface area (Å²) in [4.78, 5) is 0.761. The van der Waals surface area contributed by atoms with Crippen LogP contribution in [0.5, 0.6) is 0 Å². The van der Waals surface area contributed by atoms with Crippen LogP contribution in [-0.4, -0.2) is 0 Å². The molecule has 1 nitrogen and oxygen atoms in total. The SMILES string of the molecule is Cc1csc(/C(Cl)=C/C#N)c1Cl. The van der Waals surface area contributed by atoms with Crippen molar-refractivity contribution < 1.29 is 0 Å². The minimum absolute atomic E-state index is 0.403. The molecular weight excluding hydrogens is 213 g/mol. The number of allylic oxidation sites excluding steroid dienone is 1. The molecule has 0 aliphatic heterocycles. The van der Waals surface area contributed by atoms with Crippen molar-refractivity contribution in [3.05, 3.63) is 26.9 Å². The van der Waals surface area contributed by atoms with Gasteiger partial charge in [-0.2, -0.15) is 5.26 Å². The first kappa shape index (κ1) is 9.60. The second-order valence-corrected chi connectivity index (χ2v) is 3.85. The Labute approximate surface area is 84.8 Å². The van der Waals surface area contributed by atoms with E-state index in [2.05, 4.69) is 0 Å². The summed E-state index contributed by atoms with van der Waals surface area (Å²) in [7, 11) is 0. The molecule has 0 radical (unpaired) electrons. The molecule has 0 bridgehead atoms. The van der Waals surface area contributed by atoms with E-state index >= 15 is 0 Å². The lowest BCUT2D eigenvalue weighted by Gasteiger charge is -1.92. The Morgan fingerprint density at radius 2 is 2.42 bits per heavy atom. The van der Waals surface area contributed by atoms with E-state index < -0.39 is 0 Å². The minimum Gasteiger partial charge on any atom is -0.193 e. The second-order valence-electron chi connectivity index (χ2n) is 2.18. The summed E-state index contributed by atoms with van der Waals surface area (Å²) < 4.78 is 0. The first-order valence-corrected chi connectivity index (χ1v) is 4.79. The van der Waals surface area contributed by atoms with Crippen LogP contribution in [-0.2, 0) is 0 Å². The normalized spacial score (nSPS) is 11.3. The number of thiophene rings is 1. The summed E-state index contributed by atoms with van der Waals surface area (Å²) in [6, 6.07) is 1.86. The van der Waals surface area contributed by atoms with E-state index in [0.29, 0.717) is 10.1 Å². The molecule has 1 aromatic rings. The van der Waals surface area contributed by atoms with Crippen LogP contribution in [0.4, 0.5) is 0 Å². The smallest absolute Gasteiger partial charge is 0.0928 e. The van der Waals surface area contributed by atoms with Crippen LogP contribution < -0.4 is 0 Å². The monoisotopic (exact) mass is 217 g/mol. The number of halogens is 2. The molecule has 1 rings (SSSR count). The fourth-order valence-corrected chi connectivity index (χ4v) is 2.24. The highest BCUT2D eigenvalue weighted by molar-refractivity contribution is 7.12. The van der Waals surface area contributed by atoms with Gasteiger partial charge in [-0.1, -0.05) is 23.2 Å². The van der Waals surface area contributed by atoms with Gasteiger partial charge in [0, 0.05) is 6.08 Å². The maximum atomic E-state index is 8.35. The predicted octanol–water partition coefficient (Wildman–Crippen LogP) is 3.81. The van der Waals surface area contributed by atoms with Gasteiger partial charge in [0.2, 0.25) is 0 Å². The number of nitriles is 1. The topological polar surface area (TPSA) is 23.8 Å². The van der Waals surface area contributed by atoms with E-state index in [9.17, 15) is 0 Å². The van der Waals surface area contributed by atoms with Gasteiger partial charge in [0.25, 0.3) is 0 Å². The highest BCUT2D eigenvalue weighted by Gasteiger charge is 2.08. The fraction of sp³-hybridized carbons (Fsp3) is 0.125. The number of hydrogen-bond acceptors (Lipinski definition) is 2. The Bertz CT molecular complexity index is 360. The van der Waals surface area contributed by atoms with Gasteiger partial charge in [0.1, 0.15) is 0 Å². The highest BCUT2D eigenvalue weighted by atomic mass is 35.5. The average molecular weight is 218 g/mol. The van der Waals surface area contributed by atoms with Crippen molar-refractivity contribution in [3.8, 4) is 6.07 Å². The van der Waals surface area contributed by atoms with Crippen molar-refractivity contribution in [2.75, 3.05) is 0 Å². The Morgan fingerprint density at radius 1 is 1.75 bits per heavy atom. The lowest BCUT2D eigenvalue weighted by Crippen LogP contribution is -1.71. The standard InChI is InChI=1S/C8H5Cl2NS/c1-5-4-12-8(7(5)10)6(9)2-3-11/h2,4H,1H3/b6-2-. The summed E-state index contributed by atoms with van der Waals surface area (Å²) in [6.45, 7) is 1.90. The van der Waals surface area contributed by atoms with E-state index in [0.717, 1.165) is 10.4 Å². The average Bonchev–Trinajstić information content (AvgIpc) is 2.34. The van der Waals surface area contributed by atoms with Crippen LogP contribution in [0.15, 0.2) is 11.5 Å². The summed E-state index contributed by atoms with van der Waals surface area (Å²) in [5, 5.41) is 11.3. The molecule has 0 aliphatic carbocycles. The number of hydrogen-bond donors (Lipinski definition) is 0. The highest BCUT2D eigenvalue weighted by Crippen LogP contribution is 2.34. The maximum absolute atomic E-state index is 8.35. The van der Waals surface area contributed by atoms with E-state index in [4.69, 9.17) is 28.5 Å². The number of nitrogens with zero attached hydrogens (tertiary/aromatic N) is 1. The summed E-state index contributed by atoms with van der Waals surface area (Å²) in [6.07, 6.45) is 1.28. The van der Waals surface area contributed by atoms with E-state index in [1.807, 2.05) is 18.4 Å². The number of rotatable bonds is 1. The van der Waals surface area contributed by atoms with Gasteiger partial charge in [-0.3, -0.25) is 0 Å². The summed E-state index contributed by atoms with van der Waals surface area (Å²) in [5.74, 6) is 0. The van der Waals surface area contributed by atoms with Gasteiger partial charge in [-0.25, -0.2) is 0 Å². The van der Waals surface area contributed by atoms with Crippen molar-refractivity contribution in [2.24, 2.45) is 0 Å². The van der Waals surface area contributed by atoms with Gasteiger partial charge in [-0.05, 0) is 17.9 Å². The zero-order valence-corrected chi connectivity index (χ0v) is 8.59. The summed E-state index contributed by atoms with van der Waals surface area (Å²) >= 11 is 13.1. The molecule has 0 unspecified atom stereocenters. The van der Waals surface area contributed by atoms with Crippen LogP contribution in [0, 0.1) is 18.3 Å². The molecule has 12 heavy (non-hydrogen) atoms. The molecular formula is C8H5Cl2NS. The van der Waals surface area contributed by atoms with Crippen molar-refractivity contribution in [2.45, 2.75) is 6.92 Å². The molecule has 0 aromatic carbocycles. The van der Waals surface area contributed by atoms with Crippen LogP contribution in [0.3, 0.4) is 0 Å². The molecule has 0 saturated carbocycles. The Hall–Kier alpha value is -0.490. The molecule has 0 N–H and O–H groups in total. The largest absolute Gasteiger partial charge is 0.193 e. The van der Waals surface area contributed by atoms with E-state index in [1.165, 1.54) is 17.4 Å². The summed E-state index contributed by atoms with van der Waals surface area (Å²) in [5.41, 5.74) is 0.987. The quantitative estimate of drug-likeness (QED) is 0.657. The van der Waals surface area contributed by atoms with Crippen LogP contribution >= 0.6 is 34.5 Å². The zero-order chi connectivity index (χ0) is 9.14. The van der Waals surface area contributed by atoms with Crippen molar-refractivity contribution >= 4 is 39.6 Å². The first-order valence-electron chi connectivity index (χ1n) is 3.16. The molecule has 0 saturated heterocycles. The lowest BCUT2D eigenvalue weighted by atomic mass is 10.3. The van der Waals surface area contributed by atoms with E-state index in [1.54, 1.807) is 0 Å². The Morgan fingerprint density at radius 3 is 2.83 bits per heavy atom. The Balaban J connectivity index is 3.14. The third-order valence-corrected chi connectivity index (χ3v) is 3.45. The molecule has 0 amide bonds. The van der Waals surface area contributed by atoms with Crippen molar-refractivity contribution in [3.63, 3.8) is 0 Å². The van der Waals surface area contributed by atoms with Gasteiger partial charge >= 0.3 is 0 Å². The maximum Gasteiger partial charge on any atom is 0.0928 e. The second kappa shape index (κ2) is 3.95. The molecule has 1 heterocycles. The molecule has 1 aromatic heterocycles. The minimum atomic E-state index is 0.403. The predicted molar refractivity (Wildman–Crippen MR) is 53.5 cm³/mol. The third kappa shape index (κ3) is 1.81. The third-order valence-electron chi connectivity index (χ3n) is 1.31. The fourth-order valence-electron chi connectivity index (χ4n) is 0.713. The van der Waals surface area contributed by atoms with Crippen LogP contribution in [0.1, 0.15) is 10.4 Å². The molecule has 4 heteroatoms. The molecule has 0 fully saturated rings.